The predicted octanol–water partition coefficient (Wildman–Crippen LogP) is 2.70. The van der Waals surface area contributed by atoms with E-state index in [-0.39, 0.29) is 5.92 Å². The maximum Gasteiger partial charge on any atom is 0.416 e. The lowest BCUT2D eigenvalue weighted by Crippen LogP contribution is -2.40. The van der Waals surface area contributed by atoms with Crippen LogP contribution in [0.1, 0.15) is 25.3 Å². The minimum Gasteiger partial charge on any atom is -0.393 e. The van der Waals surface area contributed by atoms with E-state index in [1.807, 2.05) is 4.90 Å². The number of rotatable bonds is 2. The number of aliphatic hydroxyl groups is 1. The fraction of sp³-hybridized carbons (Fsp3) is 0.615. The molecule has 1 aromatic rings. The third-order valence-corrected chi connectivity index (χ3v) is 3.54. The van der Waals surface area contributed by atoms with Crippen molar-refractivity contribution >= 4 is 5.82 Å². The van der Waals surface area contributed by atoms with Crippen LogP contribution in [0.4, 0.5) is 19.0 Å². The number of pyridine rings is 1. The van der Waals surface area contributed by atoms with Gasteiger partial charge in [0.25, 0.3) is 0 Å². The number of hydrogen-bond acceptors (Lipinski definition) is 3. The zero-order valence-corrected chi connectivity index (χ0v) is 10.7. The van der Waals surface area contributed by atoms with Crippen molar-refractivity contribution < 1.29 is 18.3 Å². The van der Waals surface area contributed by atoms with E-state index in [1.165, 1.54) is 6.20 Å². The molecular weight excluding hydrogens is 257 g/mol. The van der Waals surface area contributed by atoms with E-state index in [4.69, 9.17) is 0 Å². The van der Waals surface area contributed by atoms with Crippen LogP contribution in [0, 0.1) is 5.92 Å². The van der Waals surface area contributed by atoms with Crippen LogP contribution in [-0.4, -0.2) is 29.3 Å². The first-order chi connectivity index (χ1) is 8.88. The smallest absolute Gasteiger partial charge is 0.393 e. The molecule has 106 valence electrons. The van der Waals surface area contributed by atoms with Gasteiger partial charge in [0.15, 0.2) is 0 Å². The fourth-order valence-electron chi connectivity index (χ4n) is 2.38. The second-order valence-corrected chi connectivity index (χ2v) is 4.99. The fourth-order valence-corrected chi connectivity index (χ4v) is 2.38. The van der Waals surface area contributed by atoms with Gasteiger partial charge >= 0.3 is 6.18 Å². The van der Waals surface area contributed by atoms with Crippen LogP contribution in [0.5, 0.6) is 0 Å². The van der Waals surface area contributed by atoms with E-state index >= 15 is 0 Å². The van der Waals surface area contributed by atoms with Gasteiger partial charge in [0.1, 0.15) is 5.82 Å². The highest BCUT2D eigenvalue weighted by atomic mass is 19.4. The summed E-state index contributed by atoms with van der Waals surface area (Å²) in [5.74, 6) is 0.422. The molecule has 0 spiro atoms. The van der Waals surface area contributed by atoms with Gasteiger partial charge in [-0.1, -0.05) is 0 Å². The summed E-state index contributed by atoms with van der Waals surface area (Å²) in [6.45, 7) is 2.94. The van der Waals surface area contributed by atoms with Gasteiger partial charge in [0.05, 0.1) is 11.7 Å². The first-order valence-corrected chi connectivity index (χ1v) is 6.34. The Hall–Kier alpha value is -1.30. The summed E-state index contributed by atoms with van der Waals surface area (Å²) in [5, 5.41) is 9.60. The zero-order valence-electron chi connectivity index (χ0n) is 10.7. The number of anilines is 1. The Labute approximate surface area is 110 Å². The summed E-state index contributed by atoms with van der Waals surface area (Å²) >= 11 is 0. The summed E-state index contributed by atoms with van der Waals surface area (Å²) in [6, 6.07) is 2.05. The molecule has 1 aliphatic rings. The first kappa shape index (κ1) is 14.1. The highest BCUT2D eigenvalue weighted by molar-refractivity contribution is 5.42. The number of aromatic nitrogens is 1. The average Bonchev–Trinajstić information content (AvgIpc) is 2.38. The highest BCUT2D eigenvalue weighted by Crippen LogP contribution is 2.32. The second kappa shape index (κ2) is 5.36. The molecule has 2 heterocycles. The molecular formula is C13H17F3N2O. The Morgan fingerprint density at radius 1 is 1.47 bits per heavy atom. The number of halogens is 3. The molecule has 1 aliphatic heterocycles. The molecule has 1 N–H and O–H groups in total. The third-order valence-electron chi connectivity index (χ3n) is 3.54. The standard InChI is InChI=1S/C13H17F3N2O/c1-9(19)10-3-2-6-18(8-10)12-7-11(4-5-17-12)13(14,15)16/h4-5,7,9-10,19H,2-3,6,8H2,1H3. The molecule has 3 nitrogen and oxygen atoms in total. The van der Waals surface area contributed by atoms with E-state index < -0.39 is 17.8 Å². The first-order valence-electron chi connectivity index (χ1n) is 6.34. The minimum absolute atomic E-state index is 0.0880. The van der Waals surface area contributed by atoms with Crippen LogP contribution in [-0.2, 0) is 6.18 Å². The van der Waals surface area contributed by atoms with Crippen LogP contribution < -0.4 is 4.90 Å². The lowest BCUT2D eigenvalue weighted by molar-refractivity contribution is -0.137. The molecule has 0 radical (unpaired) electrons. The predicted molar refractivity (Wildman–Crippen MR) is 65.9 cm³/mol. The molecule has 2 rings (SSSR count). The Balaban J connectivity index is 2.17. The molecule has 2 unspecified atom stereocenters. The molecule has 1 fully saturated rings. The van der Waals surface area contributed by atoms with Crippen molar-refractivity contribution in [2.75, 3.05) is 18.0 Å². The molecule has 2 atom stereocenters. The largest absolute Gasteiger partial charge is 0.416 e. The molecule has 0 amide bonds. The highest BCUT2D eigenvalue weighted by Gasteiger charge is 2.32. The molecule has 0 saturated carbocycles. The van der Waals surface area contributed by atoms with Crippen LogP contribution in [0.25, 0.3) is 0 Å². The summed E-state index contributed by atoms with van der Waals surface area (Å²) in [5.41, 5.74) is -0.684. The lowest BCUT2D eigenvalue weighted by atomic mass is 9.93. The number of alkyl halides is 3. The topological polar surface area (TPSA) is 36.4 Å². The van der Waals surface area contributed by atoms with Crippen LogP contribution in [0.2, 0.25) is 0 Å². The Morgan fingerprint density at radius 2 is 2.21 bits per heavy atom. The molecule has 0 aromatic carbocycles. The minimum atomic E-state index is -4.35. The normalized spacial score (nSPS) is 22.4. The van der Waals surface area contributed by atoms with Crippen molar-refractivity contribution in [2.45, 2.75) is 32.0 Å². The molecule has 0 aliphatic carbocycles. The average molecular weight is 274 g/mol. The van der Waals surface area contributed by atoms with E-state index in [2.05, 4.69) is 4.98 Å². The number of hydrogen-bond donors (Lipinski definition) is 1. The van der Waals surface area contributed by atoms with Gasteiger partial charge in [-0.15, -0.1) is 0 Å². The Kier molecular flexibility index (Phi) is 3.99. The molecule has 19 heavy (non-hydrogen) atoms. The summed E-state index contributed by atoms with van der Waals surface area (Å²) in [6.07, 6.45) is -1.87. The number of piperidine rings is 1. The van der Waals surface area contributed by atoms with Gasteiger partial charge in [-0.3, -0.25) is 0 Å². The van der Waals surface area contributed by atoms with E-state index in [9.17, 15) is 18.3 Å². The number of nitrogens with zero attached hydrogens (tertiary/aromatic N) is 2. The van der Waals surface area contributed by atoms with Crippen LogP contribution >= 0.6 is 0 Å². The van der Waals surface area contributed by atoms with Crippen LogP contribution in [0.15, 0.2) is 18.3 Å². The number of aliphatic hydroxyl groups excluding tert-OH is 1. The monoisotopic (exact) mass is 274 g/mol. The third kappa shape index (κ3) is 3.37. The van der Waals surface area contributed by atoms with Crippen molar-refractivity contribution in [3.8, 4) is 0 Å². The summed E-state index contributed by atoms with van der Waals surface area (Å²) in [7, 11) is 0. The zero-order chi connectivity index (χ0) is 14.0. The van der Waals surface area contributed by atoms with Gasteiger partial charge < -0.3 is 10.0 Å². The second-order valence-electron chi connectivity index (χ2n) is 4.99. The van der Waals surface area contributed by atoms with Gasteiger partial charge in [0, 0.05) is 25.2 Å². The Bertz CT molecular complexity index is 434. The van der Waals surface area contributed by atoms with Crippen molar-refractivity contribution in [3.05, 3.63) is 23.9 Å². The maximum atomic E-state index is 12.7. The molecule has 1 saturated heterocycles. The van der Waals surface area contributed by atoms with E-state index in [1.54, 1.807) is 6.92 Å². The van der Waals surface area contributed by atoms with Crippen molar-refractivity contribution in [3.63, 3.8) is 0 Å². The SMILES string of the molecule is CC(O)C1CCCN(c2cc(C(F)(F)F)ccn2)C1. The van der Waals surface area contributed by atoms with Gasteiger partial charge in [-0.2, -0.15) is 13.2 Å². The Morgan fingerprint density at radius 3 is 2.84 bits per heavy atom. The molecule has 6 heteroatoms. The van der Waals surface area contributed by atoms with Crippen molar-refractivity contribution in [2.24, 2.45) is 5.92 Å². The van der Waals surface area contributed by atoms with Gasteiger partial charge in [-0.25, -0.2) is 4.98 Å². The van der Waals surface area contributed by atoms with Crippen molar-refractivity contribution in [1.82, 2.24) is 4.98 Å². The van der Waals surface area contributed by atoms with E-state index in [0.29, 0.717) is 18.9 Å². The molecule has 0 bridgehead atoms. The summed E-state index contributed by atoms with van der Waals surface area (Å²) < 4.78 is 38.0. The van der Waals surface area contributed by atoms with Gasteiger partial charge in [0.2, 0.25) is 0 Å². The molecule has 1 aromatic heterocycles. The van der Waals surface area contributed by atoms with E-state index in [0.717, 1.165) is 25.0 Å². The quantitative estimate of drug-likeness (QED) is 0.900. The summed E-state index contributed by atoms with van der Waals surface area (Å²) in [4.78, 5) is 5.83. The lowest BCUT2D eigenvalue weighted by Gasteiger charge is -2.35. The maximum absolute atomic E-state index is 12.7. The van der Waals surface area contributed by atoms with Gasteiger partial charge in [-0.05, 0) is 31.9 Å². The van der Waals surface area contributed by atoms with Crippen molar-refractivity contribution in [1.29, 1.82) is 0 Å². The van der Waals surface area contributed by atoms with Crippen LogP contribution in [0.3, 0.4) is 0 Å².